The van der Waals surface area contributed by atoms with Gasteiger partial charge in [0.25, 0.3) is 0 Å². The maximum absolute atomic E-state index is 13.5. The van der Waals surface area contributed by atoms with Gasteiger partial charge in [0.2, 0.25) is 5.91 Å². The lowest BCUT2D eigenvalue weighted by Gasteiger charge is -2.36. The van der Waals surface area contributed by atoms with Crippen LogP contribution in [0.1, 0.15) is 24.0 Å². The molecule has 144 valence electrons. The van der Waals surface area contributed by atoms with Gasteiger partial charge in [-0.2, -0.15) is 13.2 Å². The van der Waals surface area contributed by atoms with Crippen molar-refractivity contribution < 1.29 is 27.1 Å². The highest BCUT2D eigenvalue weighted by Gasteiger charge is 2.42. The number of ether oxygens (including phenoxy) is 1. The molecular weight excluding hydrogens is 430 g/mol. The minimum atomic E-state index is -4.84. The molecule has 3 rings (SSSR count). The number of rotatable bonds is 3. The Morgan fingerprint density at radius 1 is 1.07 bits per heavy atom. The second-order valence-corrected chi connectivity index (χ2v) is 7.26. The second kappa shape index (κ2) is 7.59. The maximum atomic E-state index is 13.5. The zero-order valence-electron chi connectivity index (χ0n) is 14.1. The molecule has 27 heavy (non-hydrogen) atoms. The van der Waals surface area contributed by atoms with Crippen LogP contribution in [0, 0.1) is 5.82 Å². The lowest BCUT2D eigenvalue weighted by Crippen LogP contribution is -2.44. The van der Waals surface area contributed by atoms with E-state index in [0.29, 0.717) is 38.2 Å². The van der Waals surface area contributed by atoms with Gasteiger partial charge in [-0.15, -0.1) is 0 Å². The molecule has 0 unspecified atom stereocenters. The molecule has 1 saturated heterocycles. The van der Waals surface area contributed by atoms with E-state index in [0.717, 1.165) is 16.1 Å². The molecule has 2 aromatic rings. The van der Waals surface area contributed by atoms with E-state index in [1.807, 2.05) is 0 Å². The number of carbonyl (C=O) groups is 1. The first-order chi connectivity index (χ1) is 12.7. The zero-order chi connectivity index (χ0) is 19.7. The molecule has 0 atom stereocenters. The largest absolute Gasteiger partial charge is 0.419 e. The topological polar surface area (TPSA) is 38.3 Å². The monoisotopic (exact) mass is 445 g/mol. The van der Waals surface area contributed by atoms with Gasteiger partial charge in [-0.05, 0) is 48.7 Å². The fraction of sp³-hybridized carbons (Fsp3) is 0.316. The minimum Gasteiger partial charge on any atom is -0.381 e. The van der Waals surface area contributed by atoms with Gasteiger partial charge in [0.15, 0.2) is 0 Å². The van der Waals surface area contributed by atoms with Crippen molar-refractivity contribution >= 4 is 27.5 Å². The molecule has 0 aromatic heterocycles. The quantitative estimate of drug-likeness (QED) is 0.651. The third kappa shape index (κ3) is 4.16. The smallest absolute Gasteiger partial charge is 0.381 e. The van der Waals surface area contributed by atoms with E-state index in [4.69, 9.17) is 4.74 Å². The number of alkyl halides is 3. The molecule has 1 heterocycles. The summed E-state index contributed by atoms with van der Waals surface area (Å²) in [5, 5.41) is 2.53. The maximum Gasteiger partial charge on any atom is 0.419 e. The number of anilines is 1. The third-order valence-electron chi connectivity index (χ3n) is 4.71. The Kier molecular flexibility index (Phi) is 5.58. The first-order valence-corrected chi connectivity index (χ1v) is 9.04. The highest BCUT2D eigenvalue weighted by Crippen LogP contribution is 2.38. The van der Waals surface area contributed by atoms with Gasteiger partial charge in [-0.25, -0.2) is 4.39 Å². The van der Waals surface area contributed by atoms with Crippen LogP contribution in [0.5, 0.6) is 0 Å². The van der Waals surface area contributed by atoms with Crippen molar-refractivity contribution in [2.24, 2.45) is 0 Å². The predicted molar refractivity (Wildman–Crippen MR) is 95.9 cm³/mol. The number of nitrogens with one attached hydrogen (secondary N) is 1. The molecular formula is C19H16BrF4NO2. The summed E-state index contributed by atoms with van der Waals surface area (Å²) in [7, 11) is 0. The van der Waals surface area contributed by atoms with E-state index in [1.54, 1.807) is 24.3 Å². The van der Waals surface area contributed by atoms with Crippen molar-refractivity contribution in [1.82, 2.24) is 0 Å². The van der Waals surface area contributed by atoms with Crippen LogP contribution in [0.4, 0.5) is 23.2 Å². The van der Waals surface area contributed by atoms with Gasteiger partial charge >= 0.3 is 6.18 Å². The van der Waals surface area contributed by atoms with Crippen LogP contribution in [-0.4, -0.2) is 19.1 Å². The Balaban J connectivity index is 1.93. The summed E-state index contributed by atoms with van der Waals surface area (Å²) in [4.78, 5) is 13.1. The number of halogens is 5. The van der Waals surface area contributed by atoms with Gasteiger partial charge in [0.05, 0.1) is 11.0 Å². The number of amides is 1. The average molecular weight is 446 g/mol. The normalized spacial score (nSPS) is 16.8. The Morgan fingerprint density at radius 3 is 2.30 bits per heavy atom. The number of hydrogen-bond donors (Lipinski definition) is 1. The van der Waals surface area contributed by atoms with Crippen molar-refractivity contribution in [3.63, 3.8) is 0 Å². The summed E-state index contributed by atoms with van der Waals surface area (Å²) >= 11 is 3.34. The van der Waals surface area contributed by atoms with Gasteiger partial charge in [0.1, 0.15) is 5.82 Å². The van der Waals surface area contributed by atoms with Crippen LogP contribution < -0.4 is 5.32 Å². The Labute approximate surface area is 161 Å². The second-order valence-electron chi connectivity index (χ2n) is 6.35. The molecule has 1 fully saturated rings. The minimum absolute atomic E-state index is 0.100. The third-order valence-corrected chi connectivity index (χ3v) is 5.24. The summed E-state index contributed by atoms with van der Waals surface area (Å²) < 4.78 is 58.5. The molecule has 1 amide bonds. The molecule has 0 spiro atoms. The standard InChI is InChI=1S/C19H16BrF4NO2/c20-13-3-1-12(2-4-13)18(7-9-27-10-8-18)17(26)25-14-5-6-16(21)15(11-14)19(22,23)24/h1-6,11H,7-10H2,(H,25,26). The van der Waals surface area contributed by atoms with Crippen LogP contribution >= 0.6 is 15.9 Å². The molecule has 0 bridgehead atoms. The van der Waals surface area contributed by atoms with E-state index in [-0.39, 0.29) is 5.69 Å². The Hall–Kier alpha value is -1.93. The van der Waals surface area contributed by atoms with Crippen LogP contribution in [0.3, 0.4) is 0 Å². The number of benzene rings is 2. The van der Waals surface area contributed by atoms with E-state index in [2.05, 4.69) is 21.2 Å². The molecule has 3 nitrogen and oxygen atoms in total. The van der Waals surface area contributed by atoms with Crippen LogP contribution in [0.2, 0.25) is 0 Å². The van der Waals surface area contributed by atoms with E-state index >= 15 is 0 Å². The molecule has 0 aliphatic carbocycles. The first kappa shape index (κ1) is 19.8. The van der Waals surface area contributed by atoms with Crippen LogP contribution in [0.15, 0.2) is 46.9 Å². The van der Waals surface area contributed by atoms with Gasteiger partial charge < -0.3 is 10.1 Å². The molecule has 2 aromatic carbocycles. The molecule has 1 aliphatic heterocycles. The fourth-order valence-corrected chi connectivity index (χ4v) is 3.47. The fourth-order valence-electron chi connectivity index (χ4n) is 3.21. The van der Waals surface area contributed by atoms with Gasteiger partial charge in [-0.1, -0.05) is 28.1 Å². The van der Waals surface area contributed by atoms with E-state index in [9.17, 15) is 22.4 Å². The lowest BCUT2D eigenvalue weighted by atomic mass is 9.73. The van der Waals surface area contributed by atoms with Gasteiger partial charge in [0, 0.05) is 23.4 Å². The lowest BCUT2D eigenvalue weighted by molar-refractivity contribution is -0.140. The van der Waals surface area contributed by atoms with Crippen molar-refractivity contribution in [3.8, 4) is 0 Å². The van der Waals surface area contributed by atoms with Gasteiger partial charge in [-0.3, -0.25) is 4.79 Å². The number of hydrogen-bond acceptors (Lipinski definition) is 2. The highest BCUT2D eigenvalue weighted by atomic mass is 79.9. The molecule has 1 aliphatic rings. The van der Waals surface area contributed by atoms with Crippen LogP contribution in [0.25, 0.3) is 0 Å². The predicted octanol–water partition coefficient (Wildman–Crippen LogP) is 5.29. The summed E-state index contributed by atoms with van der Waals surface area (Å²) in [6.07, 6.45) is -4.05. The molecule has 1 N–H and O–H groups in total. The molecule has 0 radical (unpaired) electrons. The van der Waals surface area contributed by atoms with Crippen molar-refractivity contribution in [2.75, 3.05) is 18.5 Å². The number of carbonyl (C=O) groups excluding carboxylic acids is 1. The molecule has 8 heteroatoms. The summed E-state index contributed by atoms with van der Waals surface area (Å²) in [6, 6.07) is 9.66. The van der Waals surface area contributed by atoms with Crippen molar-refractivity contribution in [3.05, 3.63) is 63.9 Å². The zero-order valence-corrected chi connectivity index (χ0v) is 15.7. The van der Waals surface area contributed by atoms with E-state index < -0.39 is 28.9 Å². The first-order valence-electron chi connectivity index (χ1n) is 8.24. The Bertz CT molecular complexity index is 831. The van der Waals surface area contributed by atoms with E-state index in [1.165, 1.54) is 0 Å². The SMILES string of the molecule is O=C(Nc1ccc(F)c(C(F)(F)F)c1)C1(c2ccc(Br)cc2)CCOCC1. The average Bonchev–Trinajstić information content (AvgIpc) is 2.63. The highest BCUT2D eigenvalue weighted by molar-refractivity contribution is 9.10. The summed E-state index contributed by atoms with van der Waals surface area (Å²) in [5.74, 6) is -1.82. The Morgan fingerprint density at radius 2 is 1.70 bits per heavy atom. The summed E-state index contributed by atoms with van der Waals surface area (Å²) in [5.41, 5.74) is -1.68. The van der Waals surface area contributed by atoms with Crippen LogP contribution in [-0.2, 0) is 21.1 Å². The molecule has 0 saturated carbocycles. The summed E-state index contributed by atoms with van der Waals surface area (Å²) in [6.45, 7) is 0.724. The van der Waals surface area contributed by atoms with Crippen molar-refractivity contribution in [1.29, 1.82) is 0 Å². The van der Waals surface area contributed by atoms with Crippen molar-refractivity contribution in [2.45, 2.75) is 24.4 Å².